The highest BCUT2D eigenvalue weighted by atomic mass is 19.1. The molecule has 1 heterocycles. The Morgan fingerprint density at radius 3 is 2.86 bits per heavy atom. The molecule has 0 spiro atoms. The molecule has 3 nitrogen and oxygen atoms in total. The van der Waals surface area contributed by atoms with Crippen LogP contribution in [0.3, 0.4) is 0 Å². The van der Waals surface area contributed by atoms with Crippen molar-refractivity contribution in [1.82, 2.24) is 9.88 Å². The fourth-order valence-electron chi connectivity index (χ4n) is 1.03. The predicted molar refractivity (Wildman–Crippen MR) is 52.9 cm³/mol. The molecule has 78 valence electrons. The van der Waals surface area contributed by atoms with Gasteiger partial charge in [-0.05, 0) is 26.6 Å². The zero-order chi connectivity index (χ0) is 10.4. The van der Waals surface area contributed by atoms with Crippen LogP contribution in [0, 0.1) is 5.95 Å². The highest BCUT2D eigenvalue weighted by Crippen LogP contribution is 2.06. The third-order valence-electron chi connectivity index (χ3n) is 1.69. The van der Waals surface area contributed by atoms with Gasteiger partial charge in [0.25, 0.3) is 0 Å². The number of nitrogens with zero attached hydrogens (tertiary/aromatic N) is 2. The maximum absolute atomic E-state index is 12.6. The lowest BCUT2D eigenvalue weighted by Gasteiger charge is -2.09. The normalized spacial score (nSPS) is 10.6. The standard InChI is InChI=1S/C10H15FN2O/c1-13(2)7-4-8-14-10-6-3-5-9(11)12-10/h3,5-6H,4,7-8H2,1-2H3. The van der Waals surface area contributed by atoms with Crippen LogP contribution < -0.4 is 4.74 Å². The quantitative estimate of drug-likeness (QED) is 0.530. The van der Waals surface area contributed by atoms with Gasteiger partial charge in [-0.25, -0.2) is 0 Å². The molecular formula is C10H15FN2O. The molecule has 0 bridgehead atoms. The molecule has 1 rings (SSSR count). The topological polar surface area (TPSA) is 25.4 Å². The summed E-state index contributed by atoms with van der Waals surface area (Å²) in [6, 6.07) is 4.54. The van der Waals surface area contributed by atoms with Gasteiger partial charge in [0.2, 0.25) is 11.8 Å². The number of aromatic nitrogens is 1. The number of halogens is 1. The molecule has 0 radical (unpaired) electrons. The van der Waals surface area contributed by atoms with Gasteiger partial charge in [-0.1, -0.05) is 6.07 Å². The van der Waals surface area contributed by atoms with Crippen LogP contribution in [0.25, 0.3) is 0 Å². The van der Waals surface area contributed by atoms with Gasteiger partial charge in [0.1, 0.15) is 0 Å². The van der Waals surface area contributed by atoms with E-state index in [4.69, 9.17) is 4.74 Å². The fourth-order valence-corrected chi connectivity index (χ4v) is 1.03. The molecule has 4 heteroatoms. The lowest BCUT2D eigenvalue weighted by molar-refractivity contribution is 0.270. The van der Waals surface area contributed by atoms with Gasteiger partial charge in [-0.2, -0.15) is 9.37 Å². The molecule has 0 N–H and O–H groups in total. The van der Waals surface area contributed by atoms with Crippen molar-refractivity contribution >= 4 is 0 Å². The number of hydrogen-bond acceptors (Lipinski definition) is 3. The van der Waals surface area contributed by atoms with E-state index >= 15 is 0 Å². The molecule has 0 amide bonds. The summed E-state index contributed by atoms with van der Waals surface area (Å²) in [6.45, 7) is 1.52. The van der Waals surface area contributed by atoms with Crippen LogP contribution in [-0.4, -0.2) is 37.1 Å². The Balaban J connectivity index is 2.25. The molecule has 1 aromatic heterocycles. The molecule has 0 aliphatic carbocycles. The SMILES string of the molecule is CN(C)CCCOc1cccc(F)n1. The third-order valence-corrected chi connectivity index (χ3v) is 1.69. The fraction of sp³-hybridized carbons (Fsp3) is 0.500. The molecule has 0 saturated carbocycles. The molecule has 14 heavy (non-hydrogen) atoms. The second kappa shape index (κ2) is 5.54. The van der Waals surface area contributed by atoms with Gasteiger partial charge in [0.05, 0.1) is 6.61 Å². The van der Waals surface area contributed by atoms with E-state index in [9.17, 15) is 4.39 Å². The Morgan fingerprint density at radius 2 is 2.21 bits per heavy atom. The van der Waals surface area contributed by atoms with Crippen molar-refractivity contribution in [2.45, 2.75) is 6.42 Å². The van der Waals surface area contributed by atoms with Crippen molar-refractivity contribution in [3.05, 3.63) is 24.1 Å². The molecule has 1 aromatic rings. The van der Waals surface area contributed by atoms with E-state index in [-0.39, 0.29) is 0 Å². The van der Waals surface area contributed by atoms with E-state index in [0.29, 0.717) is 12.5 Å². The van der Waals surface area contributed by atoms with Crippen LogP contribution in [0.4, 0.5) is 4.39 Å². The van der Waals surface area contributed by atoms with Crippen LogP contribution in [0.1, 0.15) is 6.42 Å². The van der Waals surface area contributed by atoms with Crippen molar-refractivity contribution < 1.29 is 9.13 Å². The van der Waals surface area contributed by atoms with E-state index in [1.54, 1.807) is 12.1 Å². The first kappa shape index (κ1) is 10.9. The zero-order valence-electron chi connectivity index (χ0n) is 8.53. The largest absolute Gasteiger partial charge is 0.478 e. The van der Waals surface area contributed by atoms with Crippen LogP contribution in [0.5, 0.6) is 5.88 Å². The molecule has 0 saturated heterocycles. The Hall–Kier alpha value is -1.16. The molecular weight excluding hydrogens is 183 g/mol. The van der Waals surface area contributed by atoms with Gasteiger partial charge < -0.3 is 9.64 Å². The van der Waals surface area contributed by atoms with Crippen molar-refractivity contribution in [2.24, 2.45) is 0 Å². The Bertz CT molecular complexity index is 279. The number of pyridine rings is 1. The summed E-state index contributed by atoms with van der Waals surface area (Å²) in [7, 11) is 4.00. The smallest absolute Gasteiger partial charge is 0.216 e. The zero-order valence-corrected chi connectivity index (χ0v) is 8.53. The van der Waals surface area contributed by atoms with Crippen molar-refractivity contribution in [3.63, 3.8) is 0 Å². The highest BCUT2D eigenvalue weighted by molar-refractivity contribution is 5.10. The highest BCUT2D eigenvalue weighted by Gasteiger charge is 1.97. The number of rotatable bonds is 5. The average molecular weight is 198 g/mol. The first-order valence-electron chi connectivity index (χ1n) is 4.58. The predicted octanol–water partition coefficient (Wildman–Crippen LogP) is 1.55. The Kier molecular flexibility index (Phi) is 4.32. The lowest BCUT2D eigenvalue weighted by atomic mass is 10.4. The van der Waals surface area contributed by atoms with Crippen molar-refractivity contribution in [2.75, 3.05) is 27.2 Å². The van der Waals surface area contributed by atoms with E-state index in [1.165, 1.54) is 6.07 Å². The first-order chi connectivity index (χ1) is 6.68. The maximum atomic E-state index is 12.6. The second-order valence-corrected chi connectivity index (χ2v) is 3.30. The van der Waals surface area contributed by atoms with Crippen LogP contribution in [0.2, 0.25) is 0 Å². The number of ether oxygens (including phenoxy) is 1. The molecule has 0 aliphatic heterocycles. The maximum Gasteiger partial charge on any atom is 0.216 e. The summed E-state index contributed by atoms with van der Waals surface area (Å²) in [6.07, 6.45) is 0.908. The summed E-state index contributed by atoms with van der Waals surface area (Å²) < 4.78 is 17.9. The van der Waals surface area contributed by atoms with Crippen LogP contribution in [-0.2, 0) is 0 Å². The van der Waals surface area contributed by atoms with Crippen molar-refractivity contribution in [1.29, 1.82) is 0 Å². The molecule has 0 aliphatic rings. The van der Waals surface area contributed by atoms with Gasteiger partial charge in [-0.15, -0.1) is 0 Å². The summed E-state index contributed by atoms with van der Waals surface area (Å²) in [5.74, 6) is -0.154. The van der Waals surface area contributed by atoms with E-state index in [2.05, 4.69) is 9.88 Å². The Labute approximate surface area is 83.5 Å². The summed E-state index contributed by atoms with van der Waals surface area (Å²) in [5, 5.41) is 0. The average Bonchev–Trinajstić information content (AvgIpc) is 2.12. The lowest BCUT2D eigenvalue weighted by Crippen LogP contribution is -2.15. The molecule has 0 atom stereocenters. The van der Waals surface area contributed by atoms with Gasteiger partial charge >= 0.3 is 0 Å². The third kappa shape index (κ3) is 4.18. The molecule has 0 unspecified atom stereocenters. The first-order valence-corrected chi connectivity index (χ1v) is 4.58. The van der Waals surface area contributed by atoms with Gasteiger partial charge in [0, 0.05) is 12.6 Å². The van der Waals surface area contributed by atoms with E-state index < -0.39 is 5.95 Å². The van der Waals surface area contributed by atoms with Gasteiger partial charge in [-0.3, -0.25) is 0 Å². The Morgan fingerprint density at radius 1 is 1.43 bits per heavy atom. The minimum Gasteiger partial charge on any atom is -0.478 e. The van der Waals surface area contributed by atoms with Crippen LogP contribution >= 0.6 is 0 Å². The monoisotopic (exact) mass is 198 g/mol. The minimum atomic E-state index is -0.505. The summed E-state index contributed by atoms with van der Waals surface area (Å²) in [4.78, 5) is 5.66. The number of hydrogen-bond donors (Lipinski definition) is 0. The second-order valence-electron chi connectivity index (χ2n) is 3.30. The summed E-state index contributed by atoms with van der Waals surface area (Å²) >= 11 is 0. The summed E-state index contributed by atoms with van der Waals surface area (Å²) in [5.41, 5.74) is 0. The molecule has 0 fully saturated rings. The minimum absolute atomic E-state index is 0.351. The van der Waals surface area contributed by atoms with E-state index in [1.807, 2.05) is 14.1 Å². The van der Waals surface area contributed by atoms with Crippen molar-refractivity contribution in [3.8, 4) is 5.88 Å². The van der Waals surface area contributed by atoms with E-state index in [0.717, 1.165) is 13.0 Å². The van der Waals surface area contributed by atoms with Crippen LogP contribution in [0.15, 0.2) is 18.2 Å². The molecule has 0 aromatic carbocycles. The van der Waals surface area contributed by atoms with Gasteiger partial charge in [0.15, 0.2) is 0 Å².